The number of nitrogens with two attached hydrogens (primary N) is 1. The number of nitrogen functional groups attached to an aromatic ring is 1. The van der Waals surface area contributed by atoms with Crippen LogP contribution in [0.3, 0.4) is 0 Å². The summed E-state index contributed by atoms with van der Waals surface area (Å²) in [6.07, 6.45) is 1.33. The Balaban J connectivity index is 2.30. The van der Waals surface area contributed by atoms with E-state index >= 15 is 0 Å². The van der Waals surface area contributed by atoms with Gasteiger partial charge in [-0.3, -0.25) is 0 Å². The van der Waals surface area contributed by atoms with Gasteiger partial charge in [0.25, 0.3) is 5.76 Å². The van der Waals surface area contributed by atoms with Crippen LogP contribution in [0.15, 0.2) is 35.5 Å². The Hall–Kier alpha value is -1.89. The van der Waals surface area contributed by atoms with Crippen molar-refractivity contribution in [1.29, 1.82) is 0 Å². The van der Waals surface area contributed by atoms with Gasteiger partial charge in [-0.1, -0.05) is 23.9 Å². The van der Waals surface area contributed by atoms with Gasteiger partial charge in [0.05, 0.1) is 5.69 Å². The first-order valence-corrected chi connectivity index (χ1v) is 6.34. The molecule has 0 saturated carbocycles. The molecule has 2 aromatic rings. The number of para-hydroxylation sites is 1. The maximum Gasteiger partial charge on any atom is 0.288 e. The average molecular weight is 282 g/mol. The van der Waals surface area contributed by atoms with Crippen molar-refractivity contribution in [3.05, 3.63) is 36.2 Å². The topological polar surface area (TPSA) is 63.8 Å². The molecule has 4 nitrogen and oxygen atoms in total. The third-order valence-corrected chi connectivity index (χ3v) is 3.27. The molecule has 0 spiro atoms. The lowest BCUT2D eigenvalue weighted by Crippen LogP contribution is -2.02. The Bertz CT molecular complexity index is 577. The van der Waals surface area contributed by atoms with Crippen LogP contribution in [0.25, 0.3) is 0 Å². The molecule has 1 aromatic heterocycles. The molecule has 1 heterocycles. The number of rotatable bonds is 4. The van der Waals surface area contributed by atoms with Crippen molar-refractivity contribution in [2.75, 3.05) is 11.1 Å². The van der Waals surface area contributed by atoms with E-state index in [-0.39, 0.29) is 0 Å². The van der Waals surface area contributed by atoms with Gasteiger partial charge < -0.3 is 11.1 Å². The Morgan fingerprint density at radius 2 is 2.00 bits per heavy atom. The average Bonchev–Trinajstić information content (AvgIpc) is 2.36. The molecule has 19 heavy (non-hydrogen) atoms. The molecular formula is C12H12F2N4S. The Morgan fingerprint density at radius 1 is 1.26 bits per heavy atom. The third kappa shape index (κ3) is 3.31. The minimum atomic E-state index is -2.47. The summed E-state index contributed by atoms with van der Waals surface area (Å²) in [5, 5.41) is 3.00. The number of alkyl halides is 2. The van der Waals surface area contributed by atoms with Gasteiger partial charge in [-0.15, -0.1) is 0 Å². The summed E-state index contributed by atoms with van der Waals surface area (Å²) in [5.74, 6) is -1.61. The normalized spacial score (nSPS) is 10.7. The zero-order valence-electron chi connectivity index (χ0n) is 10.1. The molecule has 7 heteroatoms. The predicted molar refractivity (Wildman–Crippen MR) is 72.8 cm³/mol. The van der Waals surface area contributed by atoms with E-state index in [0.29, 0.717) is 39.5 Å². The highest BCUT2D eigenvalue weighted by molar-refractivity contribution is 7.99. The number of nitrogens with zero attached hydrogens (tertiary/aromatic N) is 2. The van der Waals surface area contributed by atoms with Crippen molar-refractivity contribution in [1.82, 2.24) is 9.97 Å². The van der Waals surface area contributed by atoms with Crippen molar-refractivity contribution < 1.29 is 8.78 Å². The quantitative estimate of drug-likeness (QED) is 0.841. The lowest BCUT2D eigenvalue weighted by molar-refractivity contribution is 0.252. The van der Waals surface area contributed by atoms with E-state index in [2.05, 4.69) is 15.3 Å². The van der Waals surface area contributed by atoms with Gasteiger partial charge in [0, 0.05) is 10.5 Å². The van der Waals surface area contributed by atoms with E-state index in [1.54, 1.807) is 31.2 Å². The largest absolute Gasteiger partial charge is 0.383 e. The second-order valence-electron chi connectivity index (χ2n) is 3.73. The van der Waals surface area contributed by atoms with Crippen LogP contribution in [0.5, 0.6) is 0 Å². The lowest BCUT2D eigenvalue weighted by atomic mass is 10.3. The molecule has 0 radical (unpaired) electrons. The summed E-state index contributed by atoms with van der Waals surface area (Å²) in [6, 6.07) is 6.80. The van der Waals surface area contributed by atoms with Gasteiger partial charge in [-0.25, -0.2) is 9.97 Å². The van der Waals surface area contributed by atoms with Crippen molar-refractivity contribution in [2.45, 2.75) is 17.6 Å². The molecule has 2 rings (SSSR count). The van der Waals surface area contributed by atoms with Crippen LogP contribution in [0.2, 0.25) is 0 Å². The summed E-state index contributed by atoms with van der Waals surface area (Å²) in [6.45, 7) is 1.76. The summed E-state index contributed by atoms with van der Waals surface area (Å²) >= 11 is 0.484. The number of thioether (sulfide) groups is 1. The summed E-state index contributed by atoms with van der Waals surface area (Å²) in [7, 11) is 0. The number of hydrogen-bond acceptors (Lipinski definition) is 5. The second-order valence-corrected chi connectivity index (χ2v) is 4.76. The Labute approximate surface area is 113 Å². The predicted octanol–water partition coefficient (Wildman–Crippen LogP) is 3.43. The fraction of sp³-hybridized carbons (Fsp3) is 0.167. The van der Waals surface area contributed by atoms with Gasteiger partial charge >= 0.3 is 0 Å². The monoisotopic (exact) mass is 282 g/mol. The van der Waals surface area contributed by atoms with Gasteiger partial charge in [0.1, 0.15) is 18.0 Å². The Morgan fingerprint density at radius 3 is 2.74 bits per heavy atom. The van der Waals surface area contributed by atoms with Crippen molar-refractivity contribution in [2.24, 2.45) is 0 Å². The van der Waals surface area contributed by atoms with Crippen LogP contribution >= 0.6 is 11.8 Å². The van der Waals surface area contributed by atoms with Crippen LogP contribution in [0, 0.1) is 6.92 Å². The fourth-order valence-corrected chi connectivity index (χ4v) is 2.08. The number of aromatic nitrogens is 2. The number of anilines is 3. The maximum atomic E-state index is 12.5. The first-order valence-electron chi connectivity index (χ1n) is 5.46. The zero-order valence-corrected chi connectivity index (χ0v) is 10.9. The van der Waals surface area contributed by atoms with E-state index in [4.69, 9.17) is 5.73 Å². The number of benzene rings is 1. The molecule has 0 bridgehead atoms. The van der Waals surface area contributed by atoms with Crippen molar-refractivity contribution >= 4 is 29.1 Å². The van der Waals surface area contributed by atoms with Crippen LogP contribution < -0.4 is 11.1 Å². The van der Waals surface area contributed by atoms with Crippen molar-refractivity contribution in [3.8, 4) is 0 Å². The molecular weight excluding hydrogens is 270 g/mol. The van der Waals surface area contributed by atoms with Gasteiger partial charge in [-0.05, 0) is 19.1 Å². The zero-order chi connectivity index (χ0) is 13.8. The summed E-state index contributed by atoms with van der Waals surface area (Å²) in [5.41, 5.74) is 6.92. The molecule has 0 aliphatic heterocycles. The van der Waals surface area contributed by atoms with Crippen LogP contribution in [-0.2, 0) is 0 Å². The fourth-order valence-electron chi connectivity index (χ4n) is 1.49. The second kappa shape index (κ2) is 5.83. The first-order chi connectivity index (χ1) is 9.08. The molecule has 0 saturated heterocycles. The molecule has 3 N–H and O–H groups in total. The maximum absolute atomic E-state index is 12.5. The van der Waals surface area contributed by atoms with E-state index in [0.717, 1.165) is 0 Å². The standard InChI is InChI=1S/C12H12F2N4S/c1-7-10(15)16-6-17-11(7)18-8-4-2-3-5-9(8)19-12(13)14/h2-6,12H,1H3,(H3,15,16,17,18). The van der Waals surface area contributed by atoms with E-state index < -0.39 is 5.76 Å². The van der Waals surface area contributed by atoms with E-state index in [9.17, 15) is 8.78 Å². The highest BCUT2D eigenvalue weighted by atomic mass is 32.2. The molecule has 0 amide bonds. The highest BCUT2D eigenvalue weighted by Crippen LogP contribution is 2.33. The van der Waals surface area contributed by atoms with Gasteiger partial charge in [0.2, 0.25) is 0 Å². The van der Waals surface area contributed by atoms with E-state index in [1.807, 2.05) is 0 Å². The minimum Gasteiger partial charge on any atom is -0.383 e. The molecule has 0 fully saturated rings. The first kappa shape index (κ1) is 13.5. The Kier molecular flexibility index (Phi) is 4.16. The summed E-state index contributed by atoms with van der Waals surface area (Å²) in [4.78, 5) is 8.36. The van der Waals surface area contributed by atoms with Crippen molar-refractivity contribution in [3.63, 3.8) is 0 Å². The molecule has 1 aromatic carbocycles. The smallest absolute Gasteiger partial charge is 0.288 e. The molecule has 0 unspecified atom stereocenters. The van der Waals surface area contributed by atoms with Crippen LogP contribution in [0.4, 0.5) is 26.1 Å². The van der Waals surface area contributed by atoms with Gasteiger partial charge in [0.15, 0.2) is 0 Å². The van der Waals surface area contributed by atoms with Crippen LogP contribution in [0.1, 0.15) is 5.56 Å². The third-order valence-electron chi connectivity index (χ3n) is 2.48. The summed E-state index contributed by atoms with van der Waals surface area (Å²) < 4.78 is 24.9. The molecule has 0 aliphatic carbocycles. The number of nitrogens with one attached hydrogen (secondary N) is 1. The minimum absolute atomic E-state index is 0.358. The number of halogens is 2. The highest BCUT2D eigenvalue weighted by Gasteiger charge is 2.11. The molecule has 0 aliphatic rings. The molecule has 100 valence electrons. The molecule has 0 atom stereocenters. The van der Waals surface area contributed by atoms with Gasteiger partial charge in [-0.2, -0.15) is 8.78 Å². The number of hydrogen-bond donors (Lipinski definition) is 2. The SMILES string of the molecule is Cc1c(N)ncnc1Nc1ccccc1SC(F)F. The lowest BCUT2D eigenvalue weighted by Gasteiger charge is -2.12. The van der Waals surface area contributed by atoms with E-state index in [1.165, 1.54) is 6.33 Å². The van der Waals surface area contributed by atoms with Crippen LogP contribution in [-0.4, -0.2) is 15.7 Å².